The number of nitrogens with zero attached hydrogens (tertiary/aromatic N) is 1. The van der Waals surface area contributed by atoms with Crippen LogP contribution in [0.2, 0.25) is 0 Å². The second-order valence-electron chi connectivity index (χ2n) is 3.40. The SMILES string of the molecule is CCNC(C)CN1CCCC1=O. The first kappa shape index (κ1) is 9.52. The van der Waals surface area contributed by atoms with E-state index in [1.807, 2.05) is 4.90 Å². The summed E-state index contributed by atoms with van der Waals surface area (Å²) in [7, 11) is 0. The van der Waals surface area contributed by atoms with Gasteiger partial charge in [0.25, 0.3) is 0 Å². The Morgan fingerprint density at radius 2 is 2.42 bits per heavy atom. The van der Waals surface area contributed by atoms with E-state index in [4.69, 9.17) is 0 Å². The van der Waals surface area contributed by atoms with Crippen LogP contribution in [0.25, 0.3) is 0 Å². The van der Waals surface area contributed by atoms with Gasteiger partial charge in [-0.2, -0.15) is 0 Å². The monoisotopic (exact) mass is 170 g/mol. The van der Waals surface area contributed by atoms with E-state index < -0.39 is 0 Å². The predicted octanol–water partition coefficient (Wildman–Crippen LogP) is 0.607. The van der Waals surface area contributed by atoms with Gasteiger partial charge in [0.1, 0.15) is 0 Å². The van der Waals surface area contributed by atoms with E-state index in [9.17, 15) is 4.79 Å². The highest BCUT2D eigenvalue weighted by atomic mass is 16.2. The predicted molar refractivity (Wildman–Crippen MR) is 49.0 cm³/mol. The van der Waals surface area contributed by atoms with Gasteiger partial charge in [-0.25, -0.2) is 0 Å². The number of hydrogen-bond acceptors (Lipinski definition) is 2. The molecule has 0 saturated carbocycles. The summed E-state index contributed by atoms with van der Waals surface area (Å²) in [6.07, 6.45) is 1.79. The van der Waals surface area contributed by atoms with Gasteiger partial charge in [-0.15, -0.1) is 0 Å². The number of carbonyl (C=O) groups excluding carboxylic acids is 1. The summed E-state index contributed by atoms with van der Waals surface area (Å²) in [6.45, 7) is 7.00. The zero-order valence-electron chi connectivity index (χ0n) is 7.97. The fourth-order valence-corrected chi connectivity index (χ4v) is 1.64. The molecule has 70 valence electrons. The van der Waals surface area contributed by atoms with Crippen molar-refractivity contribution in [1.82, 2.24) is 10.2 Å². The number of hydrogen-bond donors (Lipinski definition) is 1. The maximum absolute atomic E-state index is 11.2. The number of carbonyl (C=O) groups is 1. The van der Waals surface area contributed by atoms with E-state index >= 15 is 0 Å². The molecule has 12 heavy (non-hydrogen) atoms. The molecule has 1 N–H and O–H groups in total. The van der Waals surface area contributed by atoms with Crippen LogP contribution in [0.1, 0.15) is 26.7 Å². The first-order valence-electron chi connectivity index (χ1n) is 4.75. The molecule has 1 unspecified atom stereocenters. The zero-order valence-corrected chi connectivity index (χ0v) is 7.97. The van der Waals surface area contributed by atoms with Crippen LogP contribution < -0.4 is 5.32 Å². The van der Waals surface area contributed by atoms with E-state index in [-0.39, 0.29) is 0 Å². The summed E-state index contributed by atoms with van der Waals surface area (Å²) in [5.41, 5.74) is 0. The Labute approximate surface area is 74.1 Å². The fourth-order valence-electron chi connectivity index (χ4n) is 1.64. The third-order valence-electron chi connectivity index (χ3n) is 2.22. The number of likely N-dealkylation sites (N-methyl/N-ethyl adjacent to an activating group) is 1. The summed E-state index contributed by atoms with van der Waals surface area (Å²) < 4.78 is 0. The lowest BCUT2D eigenvalue weighted by molar-refractivity contribution is -0.127. The molecule has 3 nitrogen and oxygen atoms in total. The van der Waals surface area contributed by atoms with Gasteiger partial charge in [0.2, 0.25) is 5.91 Å². The standard InChI is InChI=1S/C9H18N2O/c1-3-10-8(2)7-11-6-4-5-9(11)12/h8,10H,3-7H2,1-2H3. The van der Waals surface area contributed by atoms with E-state index in [1.54, 1.807) is 0 Å². The smallest absolute Gasteiger partial charge is 0.222 e. The minimum Gasteiger partial charge on any atom is -0.341 e. The summed E-state index contributed by atoms with van der Waals surface area (Å²) >= 11 is 0. The molecule has 1 atom stereocenters. The Morgan fingerprint density at radius 3 is 2.92 bits per heavy atom. The van der Waals surface area contributed by atoms with Gasteiger partial charge in [0, 0.05) is 25.6 Å². The van der Waals surface area contributed by atoms with Crippen LogP contribution in [0.15, 0.2) is 0 Å². The molecule has 1 aliphatic rings. The average Bonchev–Trinajstić information content (AvgIpc) is 2.37. The van der Waals surface area contributed by atoms with Gasteiger partial charge in [0.05, 0.1) is 0 Å². The molecule has 1 fully saturated rings. The first-order valence-corrected chi connectivity index (χ1v) is 4.75. The van der Waals surface area contributed by atoms with Crippen molar-refractivity contribution in [3.63, 3.8) is 0 Å². The summed E-state index contributed by atoms with van der Waals surface area (Å²) in [6, 6.07) is 0.428. The molecule has 3 heteroatoms. The van der Waals surface area contributed by atoms with Crippen molar-refractivity contribution in [2.24, 2.45) is 0 Å². The quantitative estimate of drug-likeness (QED) is 0.670. The molecular weight excluding hydrogens is 152 g/mol. The van der Waals surface area contributed by atoms with Gasteiger partial charge in [0.15, 0.2) is 0 Å². The zero-order chi connectivity index (χ0) is 8.97. The van der Waals surface area contributed by atoms with Gasteiger partial charge < -0.3 is 10.2 Å². The second-order valence-corrected chi connectivity index (χ2v) is 3.40. The van der Waals surface area contributed by atoms with Gasteiger partial charge >= 0.3 is 0 Å². The average molecular weight is 170 g/mol. The van der Waals surface area contributed by atoms with Crippen molar-refractivity contribution in [2.75, 3.05) is 19.6 Å². The Kier molecular flexibility index (Phi) is 3.53. The third-order valence-corrected chi connectivity index (χ3v) is 2.22. The van der Waals surface area contributed by atoms with E-state index in [1.165, 1.54) is 0 Å². The van der Waals surface area contributed by atoms with Crippen LogP contribution in [0.4, 0.5) is 0 Å². The first-order chi connectivity index (χ1) is 5.74. The number of nitrogens with one attached hydrogen (secondary N) is 1. The Bertz CT molecular complexity index is 159. The molecule has 0 bridgehead atoms. The fraction of sp³-hybridized carbons (Fsp3) is 0.889. The van der Waals surface area contributed by atoms with Crippen LogP contribution in [0, 0.1) is 0 Å². The van der Waals surface area contributed by atoms with E-state index in [0.717, 1.165) is 32.5 Å². The second kappa shape index (κ2) is 4.45. The van der Waals surface area contributed by atoms with Crippen molar-refractivity contribution in [3.05, 3.63) is 0 Å². The highest BCUT2D eigenvalue weighted by Gasteiger charge is 2.20. The molecule has 1 amide bonds. The Morgan fingerprint density at radius 1 is 1.67 bits per heavy atom. The van der Waals surface area contributed by atoms with Crippen LogP contribution in [-0.2, 0) is 4.79 Å². The molecular formula is C9H18N2O. The minimum absolute atomic E-state index is 0.319. The molecule has 0 radical (unpaired) electrons. The number of rotatable bonds is 4. The molecule has 1 heterocycles. The number of amides is 1. The van der Waals surface area contributed by atoms with Gasteiger partial charge in [-0.05, 0) is 19.9 Å². The van der Waals surface area contributed by atoms with Crippen molar-refractivity contribution in [2.45, 2.75) is 32.7 Å². The van der Waals surface area contributed by atoms with Crippen molar-refractivity contribution in [1.29, 1.82) is 0 Å². The van der Waals surface area contributed by atoms with E-state index in [0.29, 0.717) is 11.9 Å². The van der Waals surface area contributed by atoms with Crippen molar-refractivity contribution >= 4 is 5.91 Å². The minimum atomic E-state index is 0.319. The van der Waals surface area contributed by atoms with Crippen LogP contribution in [0.3, 0.4) is 0 Å². The lowest BCUT2D eigenvalue weighted by Crippen LogP contribution is -2.39. The van der Waals surface area contributed by atoms with Crippen LogP contribution >= 0.6 is 0 Å². The summed E-state index contributed by atoms with van der Waals surface area (Å²) in [5.74, 6) is 0.319. The normalized spacial score (nSPS) is 20.2. The largest absolute Gasteiger partial charge is 0.341 e. The maximum atomic E-state index is 11.2. The van der Waals surface area contributed by atoms with Gasteiger partial charge in [-0.3, -0.25) is 4.79 Å². The summed E-state index contributed by atoms with van der Waals surface area (Å²) in [5, 5.41) is 3.30. The molecule has 0 aliphatic carbocycles. The van der Waals surface area contributed by atoms with Crippen molar-refractivity contribution < 1.29 is 4.79 Å². The molecule has 1 rings (SSSR count). The highest BCUT2D eigenvalue weighted by molar-refractivity contribution is 5.78. The molecule has 0 aromatic carbocycles. The third kappa shape index (κ3) is 2.48. The van der Waals surface area contributed by atoms with Gasteiger partial charge in [-0.1, -0.05) is 6.92 Å². The highest BCUT2D eigenvalue weighted by Crippen LogP contribution is 2.09. The lowest BCUT2D eigenvalue weighted by atomic mass is 10.3. The van der Waals surface area contributed by atoms with Crippen molar-refractivity contribution in [3.8, 4) is 0 Å². The molecule has 0 spiro atoms. The Hall–Kier alpha value is -0.570. The van der Waals surface area contributed by atoms with Crippen LogP contribution in [0.5, 0.6) is 0 Å². The lowest BCUT2D eigenvalue weighted by Gasteiger charge is -2.20. The molecule has 1 saturated heterocycles. The molecule has 0 aromatic heterocycles. The Balaban J connectivity index is 2.25. The van der Waals surface area contributed by atoms with E-state index in [2.05, 4.69) is 19.2 Å². The topological polar surface area (TPSA) is 32.3 Å². The molecule has 1 aliphatic heterocycles. The maximum Gasteiger partial charge on any atom is 0.222 e. The summed E-state index contributed by atoms with van der Waals surface area (Å²) in [4.78, 5) is 13.2. The number of likely N-dealkylation sites (tertiary alicyclic amines) is 1. The van der Waals surface area contributed by atoms with Crippen LogP contribution in [-0.4, -0.2) is 36.5 Å². The molecule has 0 aromatic rings.